The summed E-state index contributed by atoms with van der Waals surface area (Å²) in [6.45, 7) is 9.42. The topological polar surface area (TPSA) is 41.1 Å². The Labute approximate surface area is 111 Å². The summed E-state index contributed by atoms with van der Waals surface area (Å²) in [5.74, 6) is 0.986. The van der Waals surface area contributed by atoms with Gasteiger partial charge in [-0.25, -0.2) is 0 Å². The summed E-state index contributed by atoms with van der Waals surface area (Å²) in [4.78, 5) is 12.3. The van der Waals surface area contributed by atoms with Crippen LogP contribution in [-0.4, -0.2) is 25.5 Å². The molecule has 0 aromatic carbocycles. The fourth-order valence-corrected chi connectivity index (χ4v) is 3.65. The van der Waals surface area contributed by atoms with Crippen molar-refractivity contribution in [3.63, 3.8) is 0 Å². The molecule has 0 aliphatic heterocycles. The predicted octanol–water partition coefficient (Wildman–Crippen LogP) is 2.32. The fourth-order valence-electron chi connectivity index (χ4n) is 3.65. The summed E-state index contributed by atoms with van der Waals surface area (Å²) in [6.07, 6.45) is 5.81. The van der Waals surface area contributed by atoms with E-state index in [0.717, 1.165) is 38.9 Å². The summed E-state index contributed by atoms with van der Waals surface area (Å²) < 4.78 is 0. The lowest BCUT2D eigenvalue weighted by molar-refractivity contribution is -0.130. The van der Waals surface area contributed by atoms with Crippen LogP contribution in [-0.2, 0) is 4.79 Å². The van der Waals surface area contributed by atoms with E-state index in [4.69, 9.17) is 0 Å². The van der Waals surface area contributed by atoms with Crippen LogP contribution in [0.25, 0.3) is 0 Å². The Balaban J connectivity index is 1.70. The van der Waals surface area contributed by atoms with E-state index in [-0.39, 0.29) is 5.41 Å². The third-order valence-electron chi connectivity index (χ3n) is 4.80. The van der Waals surface area contributed by atoms with Gasteiger partial charge in [0.25, 0.3) is 0 Å². The van der Waals surface area contributed by atoms with Crippen molar-refractivity contribution in [3.05, 3.63) is 0 Å². The molecule has 2 saturated carbocycles. The number of fused-ring (bicyclic) bond motifs is 2. The summed E-state index contributed by atoms with van der Waals surface area (Å²) in [5.41, 5.74) is 0.458. The zero-order chi connectivity index (χ0) is 13.2. The maximum Gasteiger partial charge on any atom is 0.226 e. The third kappa shape index (κ3) is 2.87. The maximum absolute atomic E-state index is 12.3. The third-order valence-corrected chi connectivity index (χ3v) is 4.80. The highest BCUT2D eigenvalue weighted by atomic mass is 16.2. The van der Waals surface area contributed by atoms with Crippen LogP contribution in [0, 0.1) is 16.7 Å². The van der Waals surface area contributed by atoms with Crippen LogP contribution >= 0.6 is 0 Å². The molecule has 2 bridgehead atoms. The van der Waals surface area contributed by atoms with Gasteiger partial charge < -0.3 is 10.6 Å². The second kappa shape index (κ2) is 5.20. The van der Waals surface area contributed by atoms with E-state index >= 15 is 0 Å². The molecular formula is C15H28N2O. The maximum atomic E-state index is 12.3. The Morgan fingerprint density at radius 3 is 2.33 bits per heavy atom. The molecule has 0 unspecified atom stereocenters. The minimum absolute atomic E-state index is 0.00714. The molecule has 18 heavy (non-hydrogen) atoms. The first kappa shape index (κ1) is 13.9. The van der Waals surface area contributed by atoms with Crippen LogP contribution in [0.1, 0.15) is 52.9 Å². The first-order chi connectivity index (χ1) is 8.46. The number of carbonyl (C=O) groups is 1. The summed E-state index contributed by atoms with van der Waals surface area (Å²) >= 11 is 0. The molecule has 0 aromatic heterocycles. The lowest BCUT2D eigenvalue weighted by atomic mass is 9.82. The van der Waals surface area contributed by atoms with E-state index in [1.54, 1.807) is 0 Å². The fraction of sp³-hybridized carbons (Fsp3) is 0.933. The SMILES string of the molecule is CC(C)CNCCNC(=O)C12CCC(C)(CC1)C2. The van der Waals surface area contributed by atoms with Gasteiger partial charge in [0, 0.05) is 18.5 Å². The Bertz CT molecular complexity index is 304. The molecule has 2 rings (SSSR count). The summed E-state index contributed by atoms with van der Waals surface area (Å²) in [5, 5.41) is 6.50. The number of hydrogen-bond donors (Lipinski definition) is 2. The molecular weight excluding hydrogens is 224 g/mol. The number of hydrogen-bond acceptors (Lipinski definition) is 2. The first-order valence-electron chi connectivity index (χ1n) is 7.45. The molecule has 0 heterocycles. The van der Waals surface area contributed by atoms with Gasteiger partial charge in [-0.15, -0.1) is 0 Å². The van der Waals surface area contributed by atoms with Crippen LogP contribution < -0.4 is 10.6 Å². The van der Waals surface area contributed by atoms with Crippen LogP contribution in [0.5, 0.6) is 0 Å². The van der Waals surface area contributed by atoms with Gasteiger partial charge in [0.2, 0.25) is 5.91 Å². The lowest BCUT2D eigenvalue weighted by Gasteiger charge is -2.25. The largest absolute Gasteiger partial charge is 0.354 e. The molecule has 0 aromatic rings. The van der Waals surface area contributed by atoms with Gasteiger partial charge in [-0.1, -0.05) is 20.8 Å². The van der Waals surface area contributed by atoms with Crippen molar-refractivity contribution < 1.29 is 4.79 Å². The number of nitrogens with one attached hydrogen (secondary N) is 2. The van der Waals surface area contributed by atoms with Crippen LogP contribution in [0.15, 0.2) is 0 Å². The van der Waals surface area contributed by atoms with Crippen molar-refractivity contribution in [1.82, 2.24) is 10.6 Å². The monoisotopic (exact) mass is 252 g/mol. The lowest BCUT2D eigenvalue weighted by Crippen LogP contribution is -2.41. The van der Waals surface area contributed by atoms with Crippen molar-refractivity contribution in [2.45, 2.75) is 52.9 Å². The van der Waals surface area contributed by atoms with Crippen molar-refractivity contribution in [2.75, 3.05) is 19.6 Å². The highest BCUT2D eigenvalue weighted by Gasteiger charge is 2.55. The smallest absolute Gasteiger partial charge is 0.226 e. The average molecular weight is 252 g/mol. The highest BCUT2D eigenvalue weighted by Crippen LogP contribution is 2.61. The molecule has 0 saturated heterocycles. The highest BCUT2D eigenvalue weighted by molar-refractivity contribution is 5.83. The average Bonchev–Trinajstić information content (AvgIpc) is 2.82. The summed E-state index contributed by atoms with van der Waals surface area (Å²) in [7, 11) is 0. The van der Waals surface area contributed by atoms with Gasteiger partial charge >= 0.3 is 0 Å². The van der Waals surface area contributed by atoms with Gasteiger partial charge in [-0.3, -0.25) is 4.79 Å². The second-order valence-electron chi connectivity index (χ2n) is 7.12. The van der Waals surface area contributed by atoms with E-state index in [1.165, 1.54) is 12.8 Å². The molecule has 3 heteroatoms. The predicted molar refractivity (Wildman–Crippen MR) is 74.3 cm³/mol. The molecule has 2 aliphatic carbocycles. The molecule has 2 aliphatic rings. The summed E-state index contributed by atoms with van der Waals surface area (Å²) in [6, 6.07) is 0. The van der Waals surface area contributed by atoms with Crippen LogP contribution in [0.3, 0.4) is 0 Å². The quantitative estimate of drug-likeness (QED) is 0.712. The van der Waals surface area contributed by atoms with Crippen molar-refractivity contribution in [3.8, 4) is 0 Å². The molecule has 104 valence electrons. The van der Waals surface area contributed by atoms with Crippen LogP contribution in [0.4, 0.5) is 0 Å². The van der Waals surface area contributed by atoms with Gasteiger partial charge in [0.05, 0.1) is 0 Å². The number of carbonyl (C=O) groups excluding carboxylic acids is 1. The first-order valence-corrected chi connectivity index (χ1v) is 7.45. The Morgan fingerprint density at radius 2 is 1.83 bits per heavy atom. The zero-order valence-electron chi connectivity index (χ0n) is 12.1. The van der Waals surface area contributed by atoms with E-state index in [9.17, 15) is 4.79 Å². The van der Waals surface area contributed by atoms with Crippen molar-refractivity contribution in [2.24, 2.45) is 16.7 Å². The Kier molecular flexibility index (Phi) is 4.00. The van der Waals surface area contributed by atoms with Gasteiger partial charge in [0.1, 0.15) is 0 Å². The number of rotatable bonds is 6. The van der Waals surface area contributed by atoms with E-state index in [0.29, 0.717) is 17.2 Å². The standard InChI is InChI=1S/C15H28N2O/c1-12(2)10-16-8-9-17-13(18)15-6-4-14(3,11-15)5-7-15/h12,16H,4-11H2,1-3H3,(H,17,18). The zero-order valence-corrected chi connectivity index (χ0v) is 12.1. The molecule has 0 radical (unpaired) electrons. The molecule has 3 nitrogen and oxygen atoms in total. The molecule has 0 spiro atoms. The van der Waals surface area contributed by atoms with Crippen molar-refractivity contribution >= 4 is 5.91 Å². The molecule has 2 fully saturated rings. The molecule has 2 N–H and O–H groups in total. The minimum Gasteiger partial charge on any atom is -0.354 e. The number of amides is 1. The molecule has 1 amide bonds. The van der Waals surface area contributed by atoms with Gasteiger partial charge in [0.15, 0.2) is 0 Å². The Hall–Kier alpha value is -0.570. The van der Waals surface area contributed by atoms with Gasteiger partial charge in [-0.2, -0.15) is 0 Å². The van der Waals surface area contributed by atoms with E-state index in [2.05, 4.69) is 31.4 Å². The second-order valence-corrected chi connectivity index (χ2v) is 7.12. The minimum atomic E-state index is -0.00714. The van der Waals surface area contributed by atoms with Gasteiger partial charge in [-0.05, 0) is 50.0 Å². The van der Waals surface area contributed by atoms with Crippen LogP contribution in [0.2, 0.25) is 0 Å². The molecule has 0 atom stereocenters. The van der Waals surface area contributed by atoms with Crippen molar-refractivity contribution in [1.29, 1.82) is 0 Å². The normalized spacial score (nSPS) is 34.2. The van der Waals surface area contributed by atoms with E-state index in [1.807, 2.05) is 0 Å². The Morgan fingerprint density at radius 1 is 1.17 bits per heavy atom. The van der Waals surface area contributed by atoms with E-state index < -0.39 is 0 Å².